The SMILES string of the molecule is CCCN(C(=O)Nc1cc(C(F)(F)F)cc(C(F)(F)F)c1)C(C)c1nc2ccccc2c(=O)n1-c1ccc(OCC)cc1. The number of amides is 2. The Morgan fingerprint density at radius 2 is 1.56 bits per heavy atom. The van der Waals surface area contributed by atoms with E-state index in [1.54, 1.807) is 62.4 Å². The first-order valence-electron chi connectivity index (χ1n) is 13.4. The number of halogens is 6. The number of para-hydroxylation sites is 1. The molecule has 0 radical (unpaired) electrons. The number of hydrogen-bond donors (Lipinski definition) is 1. The zero-order valence-electron chi connectivity index (χ0n) is 23.4. The number of rotatable bonds is 8. The van der Waals surface area contributed by atoms with Crippen molar-refractivity contribution in [2.45, 2.75) is 45.6 Å². The van der Waals surface area contributed by atoms with E-state index in [1.165, 1.54) is 9.47 Å². The van der Waals surface area contributed by atoms with Crippen molar-refractivity contribution in [3.63, 3.8) is 0 Å². The molecule has 1 heterocycles. The van der Waals surface area contributed by atoms with E-state index >= 15 is 0 Å². The quantitative estimate of drug-likeness (QED) is 0.208. The number of aromatic nitrogens is 2. The lowest BCUT2D eigenvalue weighted by molar-refractivity contribution is -0.143. The molecule has 1 N–H and O–H groups in total. The summed E-state index contributed by atoms with van der Waals surface area (Å²) in [7, 11) is 0. The van der Waals surface area contributed by atoms with Crippen LogP contribution in [0.15, 0.2) is 71.5 Å². The van der Waals surface area contributed by atoms with E-state index in [-0.39, 0.29) is 18.4 Å². The molecule has 1 atom stereocenters. The van der Waals surface area contributed by atoms with E-state index in [1.807, 2.05) is 6.92 Å². The third-order valence-corrected chi connectivity index (χ3v) is 6.61. The van der Waals surface area contributed by atoms with Gasteiger partial charge in [0.2, 0.25) is 0 Å². The van der Waals surface area contributed by atoms with Crippen molar-refractivity contribution in [2.75, 3.05) is 18.5 Å². The van der Waals surface area contributed by atoms with E-state index in [0.717, 1.165) is 0 Å². The lowest BCUT2D eigenvalue weighted by Gasteiger charge is -2.30. The average molecular weight is 607 g/mol. The number of alkyl halides is 6. The highest BCUT2D eigenvalue weighted by atomic mass is 19.4. The van der Waals surface area contributed by atoms with Crippen LogP contribution in [0.5, 0.6) is 5.75 Å². The smallest absolute Gasteiger partial charge is 0.416 e. The minimum Gasteiger partial charge on any atom is -0.494 e. The molecule has 0 bridgehead atoms. The second-order valence-electron chi connectivity index (χ2n) is 9.65. The Hall–Kier alpha value is -4.55. The first kappa shape index (κ1) is 31.4. The highest BCUT2D eigenvalue weighted by Gasteiger charge is 2.37. The molecular formula is C30H28F6N4O3. The van der Waals surface area contributed by atoms with Crippen LogP contribution in [0.1, 0.15) is 50.2 Å². The predicted octanol–water partition coefficient (Wildman–Crippen LogP) is 7.83. The van der Waals surface area contributed by atoms with Gasteiger partial charge in [-0.25, -0.2) is 9.78 Å². The largest absolute Gasteiger partial charge is 0.494 e. The third kappa shape index (κ3) is 6.92. The summed E-state index contributed by atoms with van der Waals surface area (Å²) < 4.78 is 87.2. The van der Waals surface area contributed by atoms with Gasteiger partial charge in [-0.2, -0.15) is 26.3 Å². The maximum absolute atomic E-state index is 13.7. The van der Waals surface area contributed by atoms with Gasteiger partial charge in [0.05, 0.1) is 40.4 Å². The normalized spacial score (nSPS) is 12.7. The van der Waals surface area contributed by atoms with E-state index in [2.05, 4.69) is 10.3 Å². The predicted molar refractivity (Wildman–Crippen MR) is 149 cm³/mol. The van der Waals surface area contributed by atoms with Crippen molar-refractivity contribution in [3.8, 4) is 11.4 Å². The first-order chi connectivity index (χ1) is 20.2. The molecule has 43 heavy (non-hydrogen) atoms. The van der Waals surface area contributed by atoms with Crippen LogP contribution < -0.4 is 15.6 Å². The van der Waals surface area contributed by atoms with Crippen LogP contribution in [0, 0.1) is 0 Å². The molecule has 4 rings (SSSR count). The van der Waals surface area contributed by atoms with E-state index in [0.29, 0.717) is 47.5 Å². The number of benzene rings is 3. The van der Waals surface area contributed by atoms with Gasteiger partial charge < -0.3 is 15.0 Å². The maximum Gasteiger partial charge on any atom is 0.416 e. The summed E-state index contributed by atoms with van der Waals surface area (Å²) in [6.07, 6.45) is -9.78. The lowest BCUT2D eigenvalue weighted by Crippen LogP contribution is -2.40. The number of fused-ring (bicyclic) bond motifs is 1. The minimum absolute atomic E-state index is 0.0173. The highest BCUT2D eigenvalue weighted by Crippen LogP contribution is 2.38. The van der Waals surface area contributed by atoms with Crippen LogP contribution >= 0.6 is 0 Å². The molecule has 2 amide bonds. The first-order valence-corrected chi connectivity index (χ1v) is 13.4. The average Bonchev–Trinajstić information content (AvgIpc) is 2.95. The number of ether oxygens (including phenoxy) is 1. The summed E-state index contributed by atoms with van der Waals surface area (Å²) in [6, 6.07) is 12.1. The number of hydrogen-bond acceptors (Lipinski definition) is 4. The molecule has 1 unspecified atom stereocenters. The monoisotopic (exact) mass is 606 g/mol. The summed E-state index contributed by atoms with van der Waals surface area (Å²) in [4.78, 5) is 33.1. The molecule has 3 aromatic carbocycles. The topological polar surface area (TPSA) is 76.5 Å². The van der Waals surface area contributed by atoms with Crippen molar-refractivity contribution in [3.05, 3.63) is 94.0 Å². The lowest BCUT2D eigenvalue weighted by atomic mass is 10.1. The van der Waals surface area contributed by atoms with Gasteiger partial charge >= 0.3 is 18.4 Å². The second kappa shape index (κ2) is 12.4. The molecule has 0 saturated carbocycles. The number of nitrogens with zero attached hydrogens (tertiary/aromatic N) is 3. The van der Waals surface area contributed by atoms with Crippen LogP contribution in [0.4, 0.5) is 36.8 Å². The molecule has 0 spiro atoms. The zero-order chi connectivity index (χ0) is 31.5. The number of carbonyl (C=O) groups is 1. The molecular weight excluding hydrogens is 578 g/mol. The van der Waals surface area contributed by atoms with Crippen molar-refractivity contribution in [2.24, 2.45) is 0 Å². The van der Waals surface area contributed by atoms with Gasteiger partial charge in [-0.1, -0.05) is 19.1 Å². The summed E-state index contributed by atoms with van der Waals surface area (Å²) in [5.74, 6) is 0.699. The number of anilines is 1. The van der Waals surface area contributed by atoms with Crippen molar-refractivity contribution in [1.29, 1.82) is 0 Å². The molecule has 1 aromatic heterocycles. The molecule has 4 aromatic rings. The minimum atomic E-state index is -5.08. The van der Waals surface area contributed by atoms with Crippen molar-refractivity contribution in [1.82, 2.24) is 14.5 Å². The fourth-order valence-electron chi connectivity index (χ4n) is 4.61. The molecule has 7 nitrogen and oxygen atoms in total. The Morgan fingerprint density at radius 3 is 2.12 bits per heavy atom. The van der Waals surface area contributed by atoms with Gasteiger partial charge in [-0.15, -0.1) is 0 Å². The van der Waals surface area contributed by atoms with Crippen LogP contribution in [-0.4, -0.2) is 33.6 Å². The molecule has 0 saturated heterocycles. The zero-order valence-corrected chi connectivity index (χ0v) is 23.4. The molecule has 0 fully saturated rings. The van der Waals surface area contributed by atoms with Crippen LogP contribution in [0.3, 0.4) is 0 Å². The number of carbonyl (C=O) groups excluding carboxylic acids is 1. The molecule has 0 aliphatic rings. The third-order valence-electron chi connectivity index (χ3n) is 6.61. The molecule has 228 valence electrons. The van der Waals surface area contributed by atoms with Crippen molar-refractivity contribution >= 4 is 22.6 Å². The van der Waals surface area contributed by atoms with E-state index < -0.39 is 46.8 Å². The van der Waals surface area contributed by atoms with Gasteiger partial charge in [-0.3, -0.25) is 9.36 Å². The van der Waals surface area contributed by atoms with Crippen LogP contribution in [0.2, 0.25) is 0 Å². The Bertz CT molecular complexity index is 1630. The Balaban J connectivity index is 1.80. The van der Waals surface area contributed by atoms with E-state index in [9.17, 15) is 35.9 Å². The van der Waals surface area contributed by atoms with Gasteiger partial charge in [0.1, 0.15) is 11.6 Å². The maximum atomic E-state index is 13.7. The molecule has 13 heteroatoms. The van der Waals surface area contributed by atoms with Gasteiger partial charge in [0.25, 0.3) is 5.56 Å². The van der Waals surface area contributed by atoms with E-state index in [4.69, 9.17) is 4.74 Å². The van der Waals surface area contributed by atoms with Crippen LogP contribution in [0.25, 0.3) is 16.6 Å². The fraction of sp³-hybridized carbons (Fsp3) is 0.300. The standard InChI is InChI=1S/C30H28F6N4O3/c1-4-14-39(28(42)37-21-16-19(29(31,32)33)15-20(17-21)30(34,35)36)18(3)26-38-25-9-7-6-8-24(25)27(41)40(26)22-10-12-23(13-11-22)43-5-2/h6-13,15-18H,4-5,14H2,1-3H3,(H,37,42). The van der Waals surface area contributed by atoms with Crippen molar-refractivity contribution < 1.29 is 35.9 Å². The molecule has 0 aliphatic carbocycles. The van der Waals surface area contributed by atoms with Gasteiger partial charge in [0, 0.05) is 12.2 Å². The molecule has 0 aliphatic heterocycles. The highest BCUT2D eigenvalue weighted by molar-refractivity contribution is 5.90. The van der Waals surface area contributed by atoms with Crippen LogP contribution in [-0.2, 0) is 12.4 Å². The Kier molecular flexibility index (Phi) is 9.02. The Labute approximate surface area is 242 Å². The fourth-order valence-corrected chi connectivity index (χ4v) is 4.61. The van der Waals surface area contributed by atoms with Gasteiger partial charge in [0.15, 0.2) is 0 Å². The number of nitrogens with one attached hydrogen (secondary N) is 1. The Morgan fingerprint density at radius 1 is 0.953 bits per heavy atom. The van der Waals surface area contributed by atoms with Gasteiger partial charge in [-0.05, 0) is 74.9 Å². The summed E-state index contributed by atoms with van der Waals surface area (Å²) in [6.45, 7) is 5.61. The summed E-state index contributed by atoms with van der Waals surface area (Å²) in [5, 5.41) is 2.50. The summed E-state index contributed by atoms with van der Waals surface area (Å²) in [5.41, 5.74) is -3.47. The number of urea groups is 1. The second-order valence-corrected chi connectivity index (χ2v) is 9.65. The summed E-state index contributed by atoms with van der Waals surface area (Å²) >= 11 is 0.